The van der Waals surface area contributed by atoms with Crippen molar-refractivity contribution < 1.29 is 23.9 Å². The zero-order valence-corrected chi connectivity index (χ0v) is 13.2. The number of hydrogen-bond acceptors (Lipinski definition) is 9. The van der Waals surface area contributed by atoms with Crippen LogP contribution in [-0.4, -0.2) is 64.4 Å². The Morgan fingerprint density at radius 1 is 1.26 bits per heavy atom. The van der Waals surface area contributed by atoms with Gasteiger partial charge in [0.2, 0.25) is 5.91 Å². The second-order valence-corrected chi connectivity index (χ2v) is 4.73. The van der Waals surface area contributed by atoms with E-state index >= 15 is 0 Å². The second-order valence-electron chi connectivity index (χ2n) is 4.73. The second kappa shape index (κ2) is 8.78. The van der Waals surface area contributed by atoms with E-state index in [9.17, 15) is 14.4 Å². The summed E-state index contributed by atoms with van der Waals surface area (Å²) >= 11 is 0. The van der Waals surface area contributed by atoms with Crippen LogP contribution in [0.25, 0.3) is 0 Å². The minimum absolute atomic E-state index is 0.170. The molecule has 23 heavy (non-hydrogen) atoms. The maximum atomic E-state index is 11.9. The lowest BCUT2D eigenvalue weighted by atomic mass is 10.1. The van der Waals surface area contributed by atoms with Crippen LogP contribution in [0.1, 0.15) is 19.2 Å². The summed E-state index contributed by atoms with van der Waals surface area (Å²) in [5, 5.41) is 13.4. The minimum Gasteiger partial charge on any atom is -0.468 e. The summed E-state index contributed by atoms with van der Waals surface area (Å²) in [6, 6.07) is -1.57. The largest absolute Gasteiger partial charge is 0.468 e. The van der Waals surface area contributed by atoms with E-state index in [1.54, 1.807) is 0 Å². The van der Waals surface area contributed by atoms with Crippen molar-refractivity contribution in [2.24, 2.45) is 5.73 Å². The number of amides is 1. The molecule has 11 heteroatoms. The van der Waals surface area contributed by atoms with Crippen molar-refractivity contribution in [2.75, 3.05) is 14.2 Å². The average molecular weight is 328 g/mol. The summed E-state index contributed by atoms with van der Waals surface area (Å²) in [6.07, 6.45) is 0.566. The maximum absolute atomic E-state index is 11.9. The van der Waals surface area contributed by atoms with E-state index in [1.165, 1.54) is 25.8 Å². The predicted molar refractivity (Wildman–Crippen MR) is 75.8 cm³/mol. The molecule has 0 bridgehead atoms. The lowest BCUT2D eigenvalue weighted by Crippen LogP contribution is -2.41. The fourth-order valence-corrected chi connectivity index (χ4v) is 1.74. The Labute approximate surface area is 132 Å². The van der Waals surface area contributed by atoms with Gasteiger partial charge in [-0.05, 0) is 23.8 Å². The molecular weight excluding hydrogens is 308 g/mol. The summed E-state index contributed by atoms with van der Waals surface area (Å²) < 4.78 is 10.3. The minimum atomic E-state index is -0.793. The quantitative estimate of drug-likeness (QED) is 0.506. The van der Waals surface area contributed by atoms with Crippen LogP contribution in [0.5, 0.6) is 0 Å². The van der Waals surface area contributed by atoms with Gasteiger partial charge in [-0.2, -0.15) is 0 Å². The van der Waals surface area contributed by atoms with Gasteiger partial charge in [0.25, 0.3) is 0 Å². The SMILES string of the molecule is COC(=O)[C@@H](N)CCc1nnnn1CC(=O)N[C@H](C)C(=O)OC. The van der Waals surface area contributed by atoms with Crippen LogP contribution in [-0.2, 0) is 36.8 Å². The number of tetrazole rings is 1. The van der Waals surface area contributed by atoms with Crippen LogP contribution in [0.4, 0.5) is 0 Å². The van der Waals surface area contributed by atoms with Gasteiger partial charge in [0.15, 0.2) is 5.82 Å². The number of methoxy groups -OCH3 is 2. The number of esters is 2. The Hall–Kier alpha value is -2.56. The standard InChI is InChI=1S/C12H20N6O5/c1-7(11(20)22-2)14-10(19)6-18-9(15-16-17-18)5-4-8(13)12(21)23-3/h7-8H,4-6,13H2,1-3H3,(H,14,19)/t7-,8+/m1/s1. The Bertz CT molecular complexity index is 560. The highest BCUT2D eigenvalue weighted by Gasteiger charge is 2.19. The van der Waals surface area contributed by atoms with Gasteiger partial charge in [-0.1, -0.05) is 0 Å². The van der Waals surface area contributed by atoms with Crippen molar-refractivity contribution in [2.45, 2.75) is 38.4 Å². The number of carbonyl (C=O) groups excluding carboxylic acids is 3. The highest BCUT2D eigenvalue weighted by molar-refractivity contribution is 5.83. The van der Waals surface area contributed by atoms with Gasteiger partial charge in [0.05, 0.1) is 14.2 Å². The molecule has 1 aromatic rings. The van der Waals surface area contributed by atoms with Crippen molar-refractivity contribution in [3.05, 3.63) is 5.82 Å². The first-order valence-corrected chi connectivity index (χ1v) is 6.84. The highest BCUT2D eigenvalue weighted by Crippen LogP contribution is 2.01. The van der Waals surface area contributed by atoms with Gasteiger partial charge in [0, 0.05) is 6.42 Å². The molecule has 11 nitrogen and oxygen atoms in total. The van der Waals surface area contributed by atoms with E-state index in [2.05, 4.69) is 30.3 Å². The highest BCUT2D eigenvalue weighted by atomic mass is 16.5. The number of nitrogens with two attached hydrogens (primary N) is 1. The first-order chi connectivity index (χ1) is 10.9. The van der Waals surface area contributed by atoms with Crippen LogP contribution >= 0.6 is 0 Å². The van der Waals surface area contributed by atoms with E-state index in [0.717, 1.165) is 0 Å². The Morgan fingerprint density at radius 2 is 1.91 bits per heavy atom. The summed E-state index contributed by atoms with van der Waals surface area (Å²) in [6.45, 7) is 1.33. The number of hydrogen-bond donors (Lipinski definition) is 2. The van der Waals surface area contributed by atoms with Crippen molar-refractivity contribution in [1.29, 1.82) is 0 Å². The molecule has 1 amide bonds. The van der Waals surface area contributed by atoms with Gasteiger partial charge in [-0.3, -0.25) is 9.59 Å². The third kappa shape index (κ3) is 5.62. The normalized spacial score (nSPS) is 13.0. The molecule has 1 rings (SSSR count). The van der Waals surface area contributed by atoms with Crippen LogP contribution in [0.3, 0.4) is 0 Å². The Kier molecular flexibility index (Phi) is 7.06. The molecule has 1 aromatic heterocycles. The van der Waals surface area contributed by atoms with E-state index in [4.69, 9.17) is 5.73 Å². The van der Waals surface area contributed by atoms with E-state index in [0.29, 0.717) is 12.2 Å². The zero-order valence-electron chi connectivity index (χ0n) is 13.2. The smallest absolute Gasteiger partial charge is 0.328 e. The molecule has 0 radical (unpaired) electrons. The van der Waals surface area contributed by atoms with E-state index in [-0.39, 0.29) is 13.0 Å². The lowest BCUT2D eigenvalue weighted by Gasteiger charge is -2.12. The van der Waals surface area contributed by atoms with Crippen LogP contribution < -0.4 is 11.1 Å². The summed E-state index contributed by atoms with van der Waals surface area (Å²) in [7, 11) is 2.48. The molecule has 0 aliphatic heterocycles. The van der Waals surface area contributed by atoms with Gasteiger partial charge in [0.1, 0.15) is 18.6 Å². The van der Waals surface area contributed by atoms with Crippen molar-refractivity contribution >= 4 is 17.8 Å². The Morgan fingerprint density at radius 3 is 2.52 bits per heavy atom. The number of aromatic nitrogens is 4. The molecule has 0 unspecified atom stereocenters. The monoisotopic (exact) mass is 328 g/mol. The third-order valence-corrected chi connectivity index (χ3v) is 3.01. The molecular formula is C12H20N6O5. The first-order valence-electron chi connectivity index (χ1n) is 6.84. The van der Waals surface area contributed by atoms with Crippen molar-refractivity contribution in [3.8, 4) is 0 Å². The fraction of sp³-hybridized carbons (Fsp3) is 0.667. The van der Waals surface area contributed by atoms with E-state index in [1.807, 2.05) is 0 Å². The molecule has 0 saturated carbocycles. The molecule has 0 fully saturated rings. The van der Waals surface area contributed by atoms with Gasteiger partial charge in [-0.25, -0.2) is 9.48 Å². The molecule has 0 aliphatic carbocycles. The van der Waals surface area contributed by atoms with Crippen LogP contribution in [0.15, 0.2) is 0 Å². The molecule has 0 spiro atoms. The molecule has 2 atom stereocenters. The average Bonchev–Trinajstić information content (AvgIpc) is 2.97. The lowest BCUT2D eigenvalue weighted by molar-refractivity contribution is -0.144. The molecule has 1 heterocycles. The topological polar surface area (TPSA) is 151 Å². The van der Waals surface area contributed by atoms with Gasteiger partial charge < -0.3 is 20.5 Å². The number of rotatable bonds is 8. The molecule has 3 N–H and O–H groups in total. The predicted octanol–water partition coefficient (Wildman–Crippen LogP) is -2.22. The number of ether oxygens (including phenoxy) is 2. The molecule has 0 saturated heterocycles. The van der Waals surface area contributed by atoms with Crippen LogP contribution in [0.2, 0.25) is 0 Å². The fourth-order valence-electron chi connectivity index (χ4n) is 1.74. The van der Waals surface area contributed by atoms with Gasteiger partial charge >= 0.3 is 11.9 Å². The van der Waals surface area contributed by atoms with Crippen LogP contribution in [0, 0.1) is 0 Å². The third-order valence-electron chi connectivity index (χ3n) is 3.01. The number of carbonyl (C=O) groups is 3. The molecule has 128 valence electrons. The number of nitrogens with zero attached hydrogens (tertiary/aromatic N) is 4. The summed E-state index contributed by atoms with van der Waals surface area (Å²) in [5.41, 5.74) is 5.63. The summed E-state index contributed by atoms with van der Waals surface area (Å²) in [4.78, 5) is 34.3. The zero-order chi connectivity index (χ0) is 17.4. The summed E-state index contributed by atoms with van der Waals surface area (Å²) in [5.74, 6) is -1.15. The molecule has 0 aromatic carbocycles. The number of aryl methyl sites for hydroxylation is 1. The van der Waals surface area contributed by atoms with Crippen molar-refractivity contribution in [3.63, 3.8) is 0 Å². The maximum Gasteiger partial charge on any atom is 0.328 e. The van der Waals surface area contributed by atoms with Gasteiger partial charge in [-0.15, -0.1) is 5.10 Å². The van der Waals surface area contributed by atoms with Crippen molar-refractivity contribution in [1.82, 2.24) is 25.5 Å². The number of nitrogens with one attached hydrogen (secondary N) is 1. The molecule has 0 aliphatic rings. The van der Waals surface area contributed by atoms with E-state index < -0.39 is 29.9 Å². The Balaban J connectivity index is 2.56. The first kappa shape index (κ1) is 18.5.